The van der Waals surface area contributed by atoms with E-state index in [1.165, 1.54) is 12.1 Å². The minimum atomic E-state index is -1.39. The van der Waals surface area contributed by atoms with E-state index >= 15 is 0 Å². The second-order valence-corrected chi connectivity index (χ2v) is 7.42. The van der Waals surface area contributed by atoms with Crippen LogP contribution < -0.4 is 10.0 Å². The van der Waals surface area contributed by atoms with Gasteiger partial charge in [-0.1, -0.05) is 13.0 Å². The van der Waals surface area contributed by atoms with Crippen LogP contribution in [0.25, 0.3) is 6.08 Å². The number of carboxylic acid groups (broad SMARTS) is 1. The summed E-state index contributed by atoms with van der Waals surface area (Å²) in [5.41, 5.74) is 0.924. The van der Waals surface area contributed by atoms with Crippen molar-refractivity contribution in [2.24, 2.45) is 0 Å². The molecule has 1 fully saturated rings. The number of benzene rings is 1. The number of hydrogen-bond acceptors (Lipinski definition) is 8. The number of nitrogens with zero attached hydrogens (tertiary/aromatic N) is 4. The van der Waals surface area contributed by atoms with Crippen molar-refractivity contribution in [3.05, 3.63) is 44.6 Å². The largest absolute Gasteiger partial charge is 0.544 e. The second-order valence-electron chi connectivity index (χ2n) is 6.41. The van der Waals surface area contributed by atoms with Gasteiger partial charge in [0, 0.05) is 30.5 Å². The van der Waals surface area contributed by atoms with E-state index in [2.05, 4.69) is 15.2 Å². The van der Waals surface area contributed by atoms with Gasteiger partial charge < -0.3 is 14.8 Å². The number of nitro groups is 1. The molecule has 0 amide bonds. The van der Waals surface area contributed by atoms with E-state index < -0.39 is 10.9 Å². The quantitative estimate of drug-likeness (QED) is 0.308. The van der Waals surface area contributed by atoms with Gasteiger partial charge in [-0.25, -0.2) is 4.98 Å². The number of nitrogens with one attached hydrogen (secondary N) is 1. The first-order chi connectivity index (χ1) is 13.5. The number of thioether (sulfide) groups is 1. The Morgan fingerprint density at radius 1 is 1.39 bits per heavy atom. The molecule has 0 unspecified atom stereocenters. The molecule has 10 heteroatoms. The lowest BCUT2D eigenvalue weighted by atomic mass is 10.1. The number of anilines is 1. The summed E-state index contributed by atoms with van der Waals surface area (Å²) < 4.78 is 0. The average Bonchev–Trinajstić information content (AvgIpc) is 3.33. The van der Waals surface area contributed by atoms with Crippen molar-refractivity contribution in [3.63, 3.8) is 0 Å². The van der Waals surface area contributed by atoms with Crippen LogP contribution in [-0.2, 0) is 11.2 Å². The van der Waals surface area contributed by atoms with Crippen LogP contribution in [0.5, 0.6) is 0 Å². The molecule has 1 aliphatic rings. The van der Waals surface area contributed by atoms with Gasteiger partial charge in [0.25, 0.3) is 5.69 Å². The SMILES string of the molecule is CCCc1nc(S/C(=C/c2ccc(N3CCCC3)c([N+](=O)[O-])c2)C(=O)[O-])n[nH]1. The van der Waals surface area contributed by atoms with Crippen molar-refractivity contribution in [3.8, 4) is 0 Å². The van der Waals surface area contributed by atoms with Crippen molar-refractivity contribution < 1.29 is 14.8 Å². The third kappa shape index (κ3) is 4.69. The number of aryl methyl sites for hydroxylation is 1. The number of aliphatic carboxylic acids is 1. The number of rotatable bonds is 8. The maximum absolute atomic E-state index is 11.5. The highest BCUT2D eigenvalue weighted by atomic mass is 32.2. The number of carbonyl (C=O) groups is 1. The van der Waals surface area contributed by atoms with Crippen LogP contribution in [0.2, 0.25) is 0 Å². The molecule has 0 atom stereocenters. The van der Waals surface area contributed by atoms with E-state index in [-0.39, 0.29) is 15.7 Å². The van der Waals surface area contributed by atoms with Gasteiger partial charge in [-0.3, -0.25) is 15.2 Å². The maximum Gasteiger partial charge on any atom is 0.293 e. The highest BCUT2D eigenvalue weighted by molar-refractivity contribution is 8.04. The highest BCUT2D eigenvalue weighted by Gasteiger charge is 2.22. The summed E-state index contributed by atoms with van der Waals surface area (Å²) in [4.78, 5) is 28.7. The van der Waals surface area contributed by atoms with Crippen LogP contribution in [0.4, 0.5) is 11.4 Å². The first kappa shape index (κ1) is 19.9. The Kier molecular flexibility index (Phi) is 6.30. The lowest BCUT2D eigenvalue weighted by Gasteiger charge is -2.17. The van der Waals surface area contributed by atoms with E-state index in [0.717, 1.165) is 44.1 Å². The molecule has 0 radical (unpaired) electrons. The van der Waals surface area contributed by atoms with Gasteiger partial charge in [0.2, 0.25) is 5.16 Å². The van der Waals surface area contributed by atoms with Gasteiger partial charge in [0.05, 0.1) is 10.9 Å². The Morgan fingerprint density at radius 2 is 2.14 bits per heavy atom. The average molecular weight is 402 g/mol. The molecule has 2 aromatic rings. The molecule has 1 N–H and O–H groups in total. The van der Waals surface area contributed by atoms with Crippen molar-refractivity contribution in [2.45, 2.75) is 37.8 Å². The Morgan fingerprint density at radius 3 is 2.79 bits per heavy atom. The zero-order valence-electron chi connectivity index (χ0n) is 15.4. The van der Waals surface area contributed by atoms with Gasteiger partial charge in [-0.15, -0.1) is 5.10 Å². The zero-order valence-corrected chi connectivity index (χ0v) is 16.2. The summed E-state index contributed by atoms with van der Waals surface area (Å²) in [6.07, 6.45) is 4.94. The molecular formula is C18H20N5O4S-. The standard InChI is InChI=1S/C18H21N5O4S/c1-2-5-16-19-18(21-20-16)28-15(17(24)25)11-12-6-7-13(14(10-12)23(26)27)22-8-3-4-9-22/h6-7,10-11H,2-5,8-9H2,1H3,(H,24,25)(H,19,20,21)/p-1/b15-11+. The Bertz CT molecular complexity index is 905. The van der Waals surface area contributed by atoms with E-state index in [9.17, 15) is 20.0 Å². The Labute approximate surface area is 166 Å². The molecule has 9 nitrogen and oxygen atoms in total. The normalized spacial score (nSPS) is 14.5. The maximum atomic E-state index is 11.5. The minimum Gasteiger partial charge on any atom is -0.544 e. The lowest BCUT2D eigenvalue weighted by molar-refractivity contribution is -0.384. The summed E-state index contributed by atoms with van der Waals surface area (Å²) in [5, 5.41) is 30.1. The molecule has 2 heterocycles. The number of hydrogen-bond donors (Lipinski definition) is 1. The molecule has 1 saturated heterocycles. The molecule has 28 heavy (non-hydrogen) atoms. The van der Waals surface area contributed by atoms with Crippen molar-refractivity contribution in [1.82, 2.24) is 15.2 Å². The zero-order chi connectivity index (χ0) is 20.1. The molecule has 0 aliphatic carbocycles. The van der Waals surface area contributed by atoms with Crippen LogP contribution in [-0.4, -0.2) is 39.2 Å². The summed E-state index contributed by atoms with van der Waals surface area (Å²) in [6, 6.07) is 4.72. The molecule has 1 aromatic carbocycles. The molecule has 1 aliphatic heterocycles. The van der Waals surface area contributed by atoms with E-state index in [0.29, 0.717) is 23.5 Å². The van der Waals surface area contributed by atoms with Crippen molar-refractivity contribution in [2.75, 3.05) is 18.0 Å². The Hall–Kier alpha value is -2.88. The van der Waals surface area contributed by atoms with Gasteiger partial charge >= 0.3 is 0 Å². The lowest BCUT2D eigenvalue weighted by Crippen LogP contribution is -2.23. The minimum absolute atomic E-state index is 0.0403. The van der Waals surface area contributed by atoms with Crippen LogP contribution in [0.3, 0.4) is 0 Å². The number of nitro benzene ring substituents is 1. The molecule has 3 rings (SSSR count). The summed E-state index contributed by atoms with van der Waals surface area (Å²) in [6.45, 7) is 3.56. The predicted octanol–water partition coefficient (Wildman–Crippen LogP) is 2.15. The number of carbonyl (C=O) groups excluding carboxylic acids is 1. The summed E-state index contributed by atoms with van der Waals surface area (Å²) >= 11 is 0.847. The van der Waals surface area contributed by atoms with Crippen molar-refractivity contribution in [1.29, 1.82) is 0 Å². The number of carboxylic acids is 1. The fourth-order valence-corrected chi connectivity index (χ4v) is 3.78. The number of aromatic nitrogens is 3. The van der Waals surface area contributed by atoms with Crippen LogP contribution in [0, 0.1) is 10.1 Å². The van der Waals surface area contributed by atoms with Gasteiger partial charge in [-0.2, -0.15) is 0 Å². The molecule has 1 aromatic heterocycles. The molecule has 0 saturated carbocycles. The van der Waals surface area contributed by atoms with Gasteiger partial charge in [-0.05, 0) is 48.7 Å². The van der Waals surface area contributed by atoms with Crippen molar-refractivity contribution >= 4 is 35.2 Å². The monoisotopic (exact) mass is 402 g/mol. The highest BCUT2D eigenvalue weighted by Crippen LogP contribution is 2.33. The van der Waals surface area contributed by atoms with Crippen LogP contribution in [0.1, 0.15) is 37.6 Å². The predicted molar refractivity (Wildman–Crippen MR) is 104 cm³/mol. The smallest absolute Gasteiger partial charge is 0.293 e. The molecular weight excluding hydrogens is 382 g/mol. The van der Waals surface area contributed by atoms with E-state index in [4.69, 9.17) is 0 Å². The topological polar surface area (TPSA) is 128 Å². The summed E-state index contributed by atoms with van der Waals surface area (Å²) in [7, 11) is 0. The molecule has 0 bridgehead atoms. The van der Waals surface area contributed by atoms with Crippen LogP contribution >= 0.6 is 11.8 Å². The molecule has 148 valence electrons. The first-order valence-corrected chi connectivity index (χ1v) is 9.85. The van der Waals surface area contributed by atoms with Gasteiger partial charge in [0.1, 0.15) is 11.5 Å². The van der Waals surface area contributed by atoms with Crippen LogP contribution in [0.15, 0.2) is 28.3 Å². The number of H-pyrrole nitrogens is 1. The van der Waals surface area contributed by atoms with E-state index in [1.807, 2.05) is 11.8 Å². The third-order valence-corrected chi connectivity index (χ3v) is 5.21. The third-order valence-electron chi connectivity index (χ3n) is 4.34. The summed E-state index contributed by atoms with van der Waals surface area (Å²) in [5.74, 6) is -0.716. The molecule has 0 spiro atoms. The fourth-order valence-electron chi connectivity index (χ4n) is 3.05. The second kappa shape index (κ2) is 8.87. The first-order valence-electron chi connectivity index (χ1n) is 9.03. The Balaban J connectivity index is 1.88. The number of aromatic amines is 1. The van der Waals surface area contributed by atoms with Gasteiger partial charge in [0.15, 0.2) is 0 Å². The van der Waals surface area contributed by atoms with E-state index in [1.54, 1.807) is 12.1 Å². The fraction of sp³-hybridized carbons (Fsp3) is 0.389.